The van der Waals surface area contributed by atoms with E-state index >= 15 is 0 Å². The van der Waals surface area contributed by atoms with Gasteiger partial charge in [-0.2, -0.15) is 0 Å². The molecule has 0 aliphatic carbocycles. The molecule has 3 N–H and O–H groups in total. The topological polar surface area (TPSA) is 63.3 Å². The fourth-order valence-corrected chi connectivity index (χ4v) is 0.548. The van der Waals surface area contributed by atoms with Crippen molar-refractivity contribution in [2.45, 2.75) is 32.2 Å². The second kappa shape index (κ2) is 8.17. The van der Waals surface area contributed by atoms with E-state index < -0.39 is 12.0 Å². The molecule has 0 heterocycles. The van der Waals surface area contributed by atoms with Crippen LogP contribution in [-0.4, -0.2) is 68.5 Å². The van der Waals surface area contributed by atoms with E-state index in [1.54, 1.807) is 0 Å². The van der Waals surface area contributed by atoms with Crippen molar-refractivity contribution in [3.63, 3.8) is 0 Å². The fraction of sp³-hybridized carbons (Fsp3) is 0.833. The van der Waals surface area contributed by atoms with Gasteiger partial charge in [0.05, 0.1) is 0 Å². The molecule has 0 aromatic heterocycles. The molecule has 10 heavy (non-hydrogen) atoms. The van der Waals surface area contributed by atoms with E-state index in [1.165, 1.54) is 0 Å². The van der Waals surface area contributed by atoms with Crippen molar-refractivity contribution in [1.29, 1.82) is 0 Å². The van der Waals surface area contributed by atoms with Gasteiger partial charge in [-0.1, -0.05) is 19.8 Å². The molecule has 3 nitrogen and oxygen atoms in total. The molecule has 1 unspecified atom stereocenters. The van der Waals surface area contributed by atoms with Gasteiger partial charge < -0.3 is 10.8 Å². The van der Waals surface area contributed by atoms with Gasteiger partial charge in [-0.15, -0.1) is 0 Å². The van der Waals surface area contributed by atoms with Crippen LogP contribution < -0.4 is 5.73 Å². The van der Waals surface area contributed by atoms with Crippen LogP contribution in [0.1, 0.15) is 26.2 Å². The second-order valence-corrected chi connectivity index (χ2v) is 2.09. The number of hydrogen-bond donors (Lipinski definition) is 2. The van der Waals surface area contributed by atoms with Gasteiger partial charge in [0, 0.05) is 0 Å². The third-order valence-corrected chi connectivity index (χ3v) is 1.19. The molecule has 1 atom stereocenters. The first-order valence-corrected chi connectivity index (χ1v) is 3.17. The minimum absolute atomic E-state index is 0. The molecule has 56 valence electrons. The quantitative estimate of drug-likeness (QED) is 0.582. The van der Waals surface area contributed by atoms with Gasteiger partial charge in [0.25, 0.3) is 0 Å². The van der Waals surface area contributed by atoms with Crippen LogP contribution in [0.25, 0.3) is 0 Å². The molecule has 0 spiro atoms. The zero-order valence-electron chi connectivity index (χ0n) is 5.63. The number of hydrogen-bond acceptors (Lipinski definition) is 2. The van der Waals surface area contributed by atoms with Crippen molar-refractivity contribution in [1.82, 2.24) is 0 Å². The van der Waals surface area contributed by atoms with Gasteiger partial charge in [-0.05, 0) is 6.42 Å². The maximum absolute atomic E-state index is 10.1. The molecule has 0 aliphatic rings. The summed E-state index contributed by atoms with van der Waals surface area (Å²) in [5, 5.41) is 8.28. The summed E-state index contributed by atoms with van der Waals surface area (Å²) < 4.78 is 0. The van der Waals surface area contributed by atoms with Crippen LogP contribution in [0.3, 0.4) is 0 Å². The molecule has 0 bridgehead atoms. The van der Waals surface area contributed by atoms with E-state index in [0.29, 0.717) is 6.42 Å². The third-order valence-electron chi connectivity index (χ3n) is 1.19. The van der Waals surface area contributed by atoms with Crippen molar-refractivity contribution in [2.24, 2.45) is 5.73 Å². The number of carbonyl (C=O) groups is 1. The van der Waals surface area contributed by atoms with Crippen LogP contribution in [0.15, 0.2) is 0 Å². The Balaban J connectivity index is 0. The number of carboxylic acids is 1. The van der Waals surface area contributed by atoms with Crippen molar-refractivity contribution in [2.75, 3.05) is 0 Å². The van der Waals surface area contributed by atoms with E-state index in [1.807, 2.05) is 6.92 Å². The molecule has 0 radical (unpaired) electrons. The molecular formula is C6H14KNO2. The van der Waals surface area contributed by atoms with E-state index in [-0.39, 0.29) is 51.4 Å². The fourth-order valence-electron chi connectivity index (χ4n) is 0.548. The van der Waals surface area contributed by atoms with Gasteiger partial charge in [0.15, 0.2) is 0 Å². The Morgan fingerprint density at radius 2 is 2.20 bits per heavy atom. The SMILES string of the molecule is CCCCC(N)C(=O)O.[KH]. The van der Waals surface area contributed by atoms with Gasteiger partial charge in [0.2, 0.25) is 0 Å². The normalized spacial score (nSPS) is 11.8. The van der Waals surface area contributed by atoms with Crippen molar-refractivity contribution >= 4 is 57.4 Å². The predicted molar refractivity (Wildman–Crippen MR) is 42.3 cm³/mol. The summed E-state index contributed by atoms with van der Waals surface area (Å²) in [5.41, 5.74) is 5.20. The third kappa shape index (κ3) is 7.18. The zero-order valence-corrected chi connectivity index (χ0v) is 5.63. The van der Waals surface area contributed by atoms with Gasteiger partial charge in [0.1, 0.15) is 6.04 Å². The Kier molecular flexibility index (Phi) is 11.1. The number of nitrogens with two attached hydrogens (primary N) is 1. The standard InChI is InChI=1S/C6H13NO2.K.H/c1-2-3-4-5(7)6(8)9;;/h5H,2-4,7H2,1H3,(H,8,9);;. The van der Waals surface area contributed by atoms with Crippen LogP contribution in [0, 0.1) is 0 Å². The van der Waals surface area contributed by atoms with Crippen LogP contribution in [-0.2, 0) is 4.79 Å². The van der Waals surface area contributed by atoms with Crippen LogP contribution >= 0.6 is 0 Å². The van der Waals surface area contributed by atoms with Gasteiger partial charge in [-0.25, -0.2) is 0 Å². The minimum atomic E-state index is -0.900. The average Bonchev–Trinajstić information content (AvgIpc) is 1.82. The van der Waals surface area contributed by atoms with Crippen molar-refractivity contribution in [3.8, 4) is 0 Å². The van der Waals surface area contributed by atoms with Gasteiger partial charge >= 0.3 is 57.4 Å². The Morgan fingerprint density at radius 1 is 1.70 bits per heavy atom. The number of rotatable bonds is 4. The molecule has 4 heteroatoms. The van der Waals surface area contributed by atoms with E-state index in [4.69, 9.17) is 10.8 Å². The molecular weight excluding hydrogens is 157 g/mol. The maximum atomic E-state index is 10.1. The summed E-state index contributed by atoms with van der Waals surface area (Å²) in [7, 11) is 0. The molecule has 0 rings (SSSR count). The number of unbranched alkanes of at least 4 members (excludes halogenated alkanes) is 1. The Labute approximate surface area is 104 Å². The molecule has 0 fully saturated rings. The summed E-state index contributed by atoms with van der Waals surface area (Å²) in [4.78, 5) is 10.1. The van der Waals surface area contributed by atoms with Crippen LogP contribution in [0.5, 0.6) is 0 Å². The van der Waals surface area contributed by atoms with Crippen LogP contribution in [0.4, 0.5) is 0 Å². The zero-order chi connectivity index (χ0) is 7.28. The monoisotopic (exact) mass is 171 g/mol. The Morgan fingerprint density at radius 3 is 2.50 bits per heavy atom. The number of carboxylic acid groups (broad SMARTS) is 1. The van der Waals surface area contributed by atoms with E-state index in [0.717, 1.165) is 12.8 Å². The Bertz CT molecular complexity index is 97.7. The molecule has 0 aliphatic heterocycles. The Hall–Kier alpha value is 1.07. The second-order valence-electron chi connectivity index (χ2n) is 2.09. The van der Waals surface area contributed by atoms with Crippen LogP contribution in [0.2, 0.25) is 0 Å². The predicted octanol–water partition coefficient (Wildman–Crippen LogP) is -0.0600. The first kappa shape index (κ1) is 13.6. The van der Waals surface area contributed by atoms with Crippen molar-refractivity contribution < 1.29 is 9.90 Å². The summed E-state index contributed by atoms with van der Waals surface area (Å²) in [6.07, 6.45) is 2.49. The molecule has 0 amide bonds. The molecule has 0 aromatic carbocycles. The molecule has 0 aromatic rings. The first-order valence-electron chi connectivity index (χ1n) is 3.17. The van der Waals surface area contributed by atoms with E-state index in [2.05, 4.69) is 0 Å². The van der Waals surface area contributed by atoms with E-state index in [9.17, 15) is 4.79 Å². The summed E-state index contributed by atoms with van der Waals surface area (Å²) >= 11 is 0. The molecule has 0 saturated carbocycles. The summed E-state index contributed by atoms with van der Waals surface area (Å²) in [6.45, 7) is 2.01. The van der Waals surface area contributed by atoms with Gasteiger partial charge in [-0.3, -0.25) is 4.79 Å². The van der Waals surface area contributed by atoms with Crippen molar-refractivity contribution in [3.05, 3.63) is 0 Å². The summed E-state index contributed by atoms with van der Waals surface area (Å²) in [5.74, 6) is -0.900. The number of aliphatic carboxylic acids is 1. The average molecular weight is 171 g/mol. The first-order chi connectivity index (χ1) is 4.18. The summed E-state index contributed by atoms with van der Waals surface area (Å²) in [6, 6.07) is -0.662. The molecule has 0 saturated heterocycles.